The fourth-order valence-electron chi connectivity index (χ4n) is 1.48. The fraction of sp³-hybridized carbons (Fsp3) is 0.636. The molecule has 1 heterocycles. The zero-order valence-corrected chi connectivity index (χ0v) is 11.7. The number of aliphatic hydroxyl groups excluding tert-OH is 1. The van der Waals surface area contributed by atoms with E-state index in [4.69, 9.17) is 0 Å². The molecule has 96 valence electrons. The standard InChI is InChI=1S/C11H18BrN3O2/c1-3-5-8(16)6-13-9-7-14-15(4-2)11(17)10(9)12/h7-8,13,16H,3-6H2,1-2H3. The average molecular weight is 304 g/mol. The number of halogens is 1. The summed E-state index contributed by atoms with van der Waals surface area (Å²) in [5.74, 6) is 0. The van der Waals surface area contributed by atoms with Crippen LogP contribution >= 0.6 is 15.9 Å². The van der Waals surface area contributed by atoms with Gasteiger partial charge in [0.1, 0.15) is 4.47 Å². The molecule has 0 amide bonds. The smallest absolute Gasteiger partial charge is 0.283 e. The Kier molecular flexibility index (Phi) is 5.64. The Hall–Kier alpha value is -0.880. The summed E-state index contributed by atoms with van der Waals surface area (Å²) in [6, 6.07) is 0. The predicted molar refractivity (Wildman–Crippen MR) is 71.3 cm³/mol. The minimum Gasteiger partial charge on any atom is -0.391 e. The molecule has 17 heavy (non-hydrogen) atoms. The molecule has 0 aromatic carbocycles. The summed E-state index contributed by atoms with van der Waals surface area (Å²) in [7, 11) is 0. The Morgan fingerprint density at radius 1 is 1.59 bits per heavy atom. The van der Waals surface area contributed by atoms with Gasteiger partial charge in [0.25, 0.3) is 5.56 Å². The van der Waals surface area contributed by atoms with Gasteiger partial charge in [0.15, 0.2) is 0 Å². The van der Waals surface area contributed by atoms with Crippen LogP contribution in [0.5, 0.6) is 0 Å². The molecule has 0 saturated heterocycles. The van der Waals surface area contributed by atoms with Crippen LogP contribution in [0.25, 0.3) is 0 Å². The molecule has 6 heteroatoms. The Morgan fingerprint density at radius 2 is 2.29 bits per heavy atom. The molecule has 5 nitrogen and oxygen atoms in total. The van der Waals surface area contributed by atoms with Crippen LogP contribution in [-0.4, -0.2) is 27.5 Å². The van der Waals surface area contributed by atoms with Crippen molar-refractivity contribution in [2.45, 2.75) is 39.3 Å². The molecule has 0 aliphatic carbocycles. The Labute approximate surface area is 109 Å². The molecule has 0 spiro atoms. The van der Waals surface area contributed by atoms with Crippen molar-refractivity contribution in [3.63, 3.8) is 0 Å². The lowest BCUT2D eigenvalue weighted by molar-refractivity contribution is 0.176. The monoisotopic (exact) mass is 303 g/mol. The zero-order valence-electron chi connectivity index (χ0n) is 10.1. The summed E-state index contributed by atoms with van der Waals surface area (Å²) < 4.78 is 1.83. The third-order valence-corrected chi connectivity index (χ3v) is 3.20. The Bertz CT molecular complexity index is 420. The molecule has 1 unspecified atom stereocenters. The SMILES string of the molecule is CCCC(O)CNc1cnn(CC)c(=O)c1Br. The second-order valence-electron chi connectivity index (χ2n) is 3.82. The number of nitrogens with one attached hydrogen (secondary N) is 1. The van der Waals surface area contributed by atoms with Crippen LogP contribution in [0.15, 0.2) is 15.5 Å². The number of anilines is 1. The molecule has 0 aliphatic rings. The van der Waals surface area contributed by atoms with Gasteiger partial charge < -0.3 is 10.4 Å². The van der Waals surface area contributed by atoms with Crippen molar-refractivity contribution in [3.05, 3.63) is 21.0 Å². The van der Waals surface area contributed by atoms with E-state index in [0.29, 0.717) is 23.2 Å². The topological polar surface area (TPSA) is 67.2 Å². The molecule has 0 bridgehead atoms. The summed E-state index contributed by atoms with van der Waals surface area (Å²) >= 11 is 3.24. The molecule has 0 radical (unpaired) electrons. The maximum absolute atomic E-state index is 11.7. The number of aryl methyl sites for hydroxylation is 1. The highest BCUT2D eigenvalue weighted by Crippen LogP contribution is 2.16. The van der Waals surface area contributed by atoms with E-state index in [1.807, 2.05) is 13.8 Å². The first-order chi connectivity index (χ1) is 8.10. The van der Waals surface area contributed by atoms with Gasteiger partial charge in [-0.05, 0) is 29.3 Å². The maximum atomic E-state index is 11.7. The van der Waals surface area contributed by atoms with Crippen LogP contribution in [-0.2, 0) is 6.54 Å². The second kappa shape index (κ2) is 6.76. The molecule has 2 N–H and O–H groups in total. The first-order valence-electron chi connectivity index (χ1n) is 5.77. The van der Waals surface area contributed by atoms with Gasteiger partial charge in [0.2, 0.25) is 0 Å². The van der Waals surface area contributed by atoms with Gasteiger partial charge in [-0.15, -0.1) is 0 Å². The van der Waals surface area contributed by atoms with Crippen LogP contribution < -0.4 is 10.9 Å². The first-order valence-corrected chi connectivity index (χ1v) is 6.57. The van der Waals surface area contributed by atoms with Crippen molar-refractivity contribution in [1.82, 2.24) is 9.78 Å². The molecule has 1 rings (SSSR count). The Morgan fingerprint density at radius 3 is 2.88 bits per heavy atom. The molecule has 1 aromatic rings. The van der Waals surface area contributed by atoms with Crippen LogP contribution in [0.3, 0.4) is 0 Å². The molecule has 1 atom stereocenters. The van der Waals surface area contributed by atoms with Crippen LogP contribution in [0.1, 0.15) is 26.7 Å². The van der Waals surface area contributed by atoms with E-state index >= 15 is 0 Å². The van der Waals surface area contributed by atoms with Crippen LogP contribution in [0.2, 0.25) is 0 Å². The zero-order chi connectivity index (χ0) is 12.8. The van der Waals surface area contributed by atoms with E-state index in [0.717, 1.165) is 12.8 Å². The Balaban J connectivity index is 2.73. The van der Waals surface area contributed by atoms with E-state index in [9.17, 15) is 9.90 Å². The number of nitrogens with zero attached hydrogens (tertiary/aromatic N) is 2. The van der Waals surface area contributed by atoms with Gasteiger partial charge in [-0.1, -0.05) is 13.3 Å². The summed E-state index contributed by atoms with van der Waals surface area (Å²) in [6.07, 6.45) is 2.86. The molecule has 1 aromatic heterocycles. The lowest BCUT2D eigenvalue weighted by Crippen LogP contribution is -2.25. The first kappa shape index (κ1) is 14.2. The normalized spacial score (nSPS) is 12.5. The van der Waals surface area contributed by atoms with E-state index in [1.54, 1.807) is 6.20 Å². The van der Waals surface area contributed by atoms with Crippen molar-refractivity contribution in [2.75, 3.05) is 11.9 Å². The minimum atomic E-state index is -0.402. The van der Waals surface area contributed by atoms with Crippen molar-refractivity contribution in [1.29, 1.82) is 0 Å². The summed E-state index contributed by atoms with van der Waals surface area (Å²) in [4.78, 5) is 11.7. The molecule has 0 fully saturated rings. The predicted octanol–water partition coefficient (Wildman–Crippen LogP) is 1.60. The quantitative estimate of drug-likeness (QED) is 0.838. The average Bonchev–Trinajstić information content (AvgIpc) is 2.31. The summed E-state index contributed by atoms with van der Waals surface area (Å²) in [6.45, 7) is 4.84. The summed E-state index contributed by atoms with van der Waals surface area (Å²) in [5, 5.41) is 16.6. The van der Waals surface area contributed by atoms with Crippen molar-refractivity contribution in [2.24, 2.45) is 0 Å². The number of rotatable bonds is 6. The van der Waals surface area contributed by atoms with E-state index in [-0.39, 0.29) is 5.56 Å². The van der Waals surface area contributed by atoms with Gasteiger partial charge in [-0.2, -0.15) is 5.10 Å². The highest BCUT2D eigenvalue weighted by atomic mass is 79.9. The van der Waals surface area contributed by atoms with Crippen LogP contribution in [0, 0.1) is 0 Å². The van der Waals surface area contributed by atoms with E-state index in [1.165, 1.54) is 4.68 Å². The van der Waals surface area contributed by atoms with Gasteiger partial charge >= 0.3 is 0 Å². The number of aliphatic hydroxyl groups is 1. The van der Waals surface area contributed by atoms with Crippen molar-refractivity contribution in [3.8, 4) is 0 Å². The van der Waals surface area contributed by atoms with E-state index in [2.05, 4.69) is 26.3 Å². The highest BCUT2D eigenvalue weighted by molar-refractivity contribution is 9.10. The third-order valence-electron chi connectivity index (χ3n) is 2.43. The van der Waals surface area contributed by atoms with Crippen molar-refractivity contribution < 1.29 is 5.11 Å². The van der Waals surface area contributed by atoms with Crippen LogP contribution in [0.4, 0.5) is 5.69 Å². The molecular weight excluding hydrogens is 286 g/mol. The number of aromatic nitrogens is 2. The molecular formula is C11H18BrN3O2. The van der Waals surface area contributed by atoms with Gasteiger partial charge in [0, 0.05) is 13.1 Å². The second-order valence-corrected chi connectivity index (χ2v) is 4.61. The lowest BCUT2D eigenvalue weighted by Gasteiger charge is -2.13. The molecule has 0 saturated carbocycles. The van der Waals surface area contributed by atoms with Gasteiger partial charge in [-0.25, -0.2) is 4.68 Å². The molecule has 0 aliphatic heterocycles. The maximum Gasteiger partial charge on any atom is 0.283 e. The van der Waals surface area contributed by atoms with Gasteiger partial charge in [-0.3, -0.25) is 4.79 Å². The highest BCUT2D eigenvalue weighted by Gasteiger charge is 2.09. The number of hydrogen-bond donors (Lipinski definition) is 2. The van der Waals surface area contributed by atoms with Gasteiger partial charge in [0.05, 0.1) is 18.0 Å². The number of hydrogen-bond acceptors (Lipinski definition) is 4. The minimum absolute atomic E-state index is 0.164. The largest absolute Gasteiger partial charge is 0.391 e. The third kappa shape index (κ3) is 3.81. The van der Waals surface area contributed by atoms with Crippen molar-refractivity contribution >= 4 is 21.6 Å². The fourth-order valence-corrected chi connectivity index (χ4v) is 1.92. The van der Waals surface area contributed by atoms with E-state index < -0.39 is 6.10 Å². The summed E-state index contributed by atoms with van der Waals surface area (Å²) in [5.41, 5.74) is 0.456. The lowest BCUT2D eigenvalue weighted by atomic mass is 10.2.